The van der Waals surface area contributed by atoms with Crippen molar-refractivity contribution in [2.45, 2.75) is 37.0 Å². The number of alkyl halides is 6. The lowest BCUT2D eigenvalue weighted by Gasteiger charge is -2.28. The third-order valence-electron chi connectivity index (χ3n) is 2.04. The van der Waals surface area contributed by atoms with Crippen molar-refractivity contribution in [3.05, 3.63) is 0 Å². The van der Waals surface area contributed by atoms with Crippen LogP contribution in [-0.2, 0) is 0 Å². The fraction of sp³-hybridized carbons (Fsp3) is 1.00. The van der Waals surface area contributed by atoms with Gasteiger partial charge in [-0.1, -0.05) is 0 Å². The zero-order valence-electron chi connectivity index (χ0n) is 5.89. The first-order chi connectivity index (χ1) is 5.21. The van der Waals surface area contributed by atoms with E-state index in [1.54, 1.807) is 0 Å². The molecule has 0 aliphatic heterocycles. The molecule has 0 aromatic carbocycles. The summed E-state index contributed by atoms with van der Waals surface area (Å²) in [5.74, 6) is -4.26. The van der Waals surface area contributed by atoms with Crippen molar-refractivity contribution in [2.24, 2.45) is 0 Å². The summed E-state index contributed by atoms with van der Waals surface area (Å²) in [5.41, 5.74) is -4.31. The monoisotopic (exact) mass is 192 g/mol. The smallest absolute Gasteiger partial charge is 0.227 e. The van der Waals surface area contributed by atoms with Gasteiger partial charge in [0.1, 0.15) is 0 Å². The highest BCUT2D eigenvalue weighted by Crippen LogP contribution is 2.54. The highest BCUT2D eigenvalue weighted by atomic mass is 19.4. The molecule has 0 radical (unpaired) electrons. The molecular weight excluding hydrogens is 186 g/mol. The van der Waals surface area contributed by atoms with Gasteiger partial charge in [-0.25, -0.2) is 13.2 Å². The maximum absolute atomic E-state index is 12.7. The van der Waals surface area contributed by atoms with Gasteiger partial charge in [0.15, 0.2) is 0 Å². The molecule has 72 valence electrons. The summed E-state index contributed by atoms with van der Waals surface area (Å²) >= 11 is 0. The minimum Gasteiger partial charge on any atom is -0.227 e. The van der Waals surface area contributed by atoms with Crippen LogP contribution in [0.25, 0.3) is 0 Å². The summed E-state index contributed by atoms with van der Waals surface area (Å²) in [6, 6.07) is 0. The maximum Gasteiger partial charge on any atom is 0.428 e. The van der Waals surface area contributed by atoms with Gasteiger partial charge in [0, 0.05) is 6.42 Å². The van der Waals surface area contributed by atoms with Crippen molar-refractivity contribution in [3.8, 4) is 0 Å². The Hall–Kier alpha value is -0.420. The molecule has 0 aromatic rings. The molecule has 0 nitrogen and oxygen atoms in total. The Morgan fingerprint density at radius 1 is 0.917 bits per heavy atom. The summed E-state index contributed by atoms with van der Waals surface area (Å²) < 4.78 is 72.9. The Morgan fingerprint density at radius 3 is 1.58 bits per heavy atom. The molecule has 1 aliphatic rings. The van der Waals surface area contributed by atoms with Crippen LogP contribution in [0.15, 0.2) is 0 Å². The zero-order chi connectivity index (χ0) is 9.62. The van der Waals surface area contributed by atoms with E-state index in [1.807, 2.05) is 0 Å². The molecule has 6 heteroatoms. The molecule has 0 saturated heterocycles. The lowest BCUT2D eigenvalue weighted by molar-refractivity contribution is -0.290. The lowest BCUT2D eigenvalue weighted by Crippen LogP contribution is -2.51. The maximum atomic E-state index is 12.7. The highest BCUT2D eigenvalue weighted by molar-refractivity contribution is 5.04. The Labute approximate surface area is 64.6 Å². The molecule has 0 aromatic heterocycles. The van der Waals surface area contributed by atoms with E-state index in [4.69, 9.17) is 0 Å². The van der Waals surface area contributed by atoms with Crippen molar-refractivity contribution in [1.82, 2.24) is 0 Å². The first-order valence-corrected chi connectivity index (χ1v) is 3.34. The third-order valence-corrected chi connectivity index (χ3v) is 2.04. The molecule has 0 N–H and O–H groups in total. The van der Waals surface area contributed by atoms with E-state index in [9.17, 15) is 26.3 Å². The van der Waals surface area contributed by atoms with Crippen LogP contribution in [-0.4, -0.2) is 17.8 Å². The molecule has 0 spiro atoms. The lowest BCUT2D eigenvalue weighted by atomic mass is 10.0. The first kappa shape index (κ1) is 9.67. The van der Waals surface area contributed by atoms with Gasteiger partial charge in [0.25, 0.3) is 11.6 Å². The summed E-state index contributed by atoms with van der Waals surface area (Å²) in [6.45, 7) is 0. The Morgan fingerprint density at radius 2 is 1.42 bits per heavy atom. The van der Waals surface area contributed by atoms with Crippen LogP contribution < -0.4 is 0 Å². The van der Waals surface area contributed by atoms with Crippen LogP contribution in [0.2, 0.25) is 0 Å². The summed E-state index contributed by atoms with van der Waals surface area (Å²) in [4.78, 5) is 0. The topological polar surface area (TPSA) is 0 Å². The molecule has 1 saturated carbocycles. The normalized spacial score (nSPS) is 35.5. The van der Waals surface area contributed by atoms with Crippen LogP contribution in [0.5, 0.6) is 0 Å². The number of hydrogen-bond acceptors (Lipinski definition) is 0. The molecule has 0 bridgehead atoms. The summed E-state index contributed by atoms with van der Waals surface area (Å²) in [7, 11) is 0. The second-order valence-corrected chi connectivity index (χ2v) is 2.86. The molecular formula is C6H6F6. The van der Waals surface area contributed by atoms with Crippen molar-refractivity contribution < 1.29 is 26.3 Å². The minimum absolute atomic E-state index is 0.428. The van der Waals surface area contributed by atoms with Crippen molar-refractivity contribution in [1.29, 1.82) is 0 Å². The molecule has 1 aliphatic carbocycles. The van der Waals surface area contributed by atoms with E-state index in [2.05, 4.69) is 0 Å². The standard InChI is InChI=1S/C6H6F6/c7-4(6(10,11)12)2-1-3-5(4,8)9/h1-3H2. The van der Waals surface area contributed by atoms with Crippen LogP contribution >= 0.6 is 0 Å². The van der Waals surface area contributed by atoms with E-state index in [1.165, 1.54) is 0 Å². The fourth-order valence-corrected chi connectivity index (χ4v) is 1.28. The summed E-state index contributed by atoms with van der Waals surface area (Å²) in [5, 5.41) is 0. The SMILES string of the molecule is FC(F)(F)C1(F)CCCC1(F)F. The van der Waals surface area contributed by atoms with Crippen LogP contribution in [0.3, 0.4) is 0 Å². The third kappa shape index (κ3) is 1.08. The van der Waals surface area contributed by atoms with E-state index >= 15 is 0 Å². The van der Waals surface area contributed by atoms with Crippen LogP contribution in [0.1, 0.15) is 19.3 Å². The Bertz CT molecular complexity index is 183. The average Bonchev–Trinajstić information content (AvgIpc) is 2.07. The molecule has 1 unspecified atom stereocenters. The second kappa shape index (κ2) is 2.29. The molecule has 12 heavy (non-hydrogen) atoms. The van der Waals surface area contributed by atoms with Gasteiger partial charge in [-0.3, -0.25) is 0 Å². The van der Waals surface area contributed by atoms with Crippen molar-refractivity contribution >= 4 is 0 Å². The summed E-state index contributed by atoms with van der Waals surface area (Å²) in [6.07, 6.45) is -8.05. The average molecular weight is 192 g/mol. The molecule has 0 heterocycles. The van der Waals surface area contributed by atoms with Crippen LogP contribution in [0, 0.1) is 0 Å². The van der Waals surface area contributed by atoms with E-state index in [-0.39, 0.29) is 0 Å². The van der Waals surface area contributed by atoms with Gasteiger partial charge >= 0.3 is 6.18 Å². The van der Waals surface area contributed by atoms with Crippen molar-refractivity contribution in [2.75, 3.05) is 0 Å². The van der Waals surface area contributed by atoms with Gasteiger partial charge in [0.2, 0.25) is 0 Å². The molecule has 0 amide bonds. The Balaban J connectivity index is 2.98. The van der Waals surface area contributed by atoms with Crippen LogP contribution in [0.4, 0.5) is 26.3 Å². The Kier molecular flexibility index (Phi) is 1.85. The largest absolute Gasteiger partial charge is 0.428 e. The van der Waals surface area contributed by atoms with E-state index in [0.717, 1.165) is 0 Å². The molecule has 1 rings (SSSR count). The minimum atomic E-state index is -5.47. The van der Waals surface area contributed by atoms with Crippen molar-refractivity contribution in [3.63, 3.8) is 0 Å². The van der Waals surface area contributed by atoms with E-state index < -0.39 is 37.0 Å². The second-order valence-electron chi connectivity index (χ2n) is 2.86. The van der Waals surface area contributed by atoms with Gasteiger partial charge < -0.3 is 0 Å². The number of rotatable bonds is 0. The van der Waals surface area contributed by atoms with Gasteiger partial charge in [-0.2, -0.15) is 13.2 Å². The highest BCUT2D eigenvalue weighted by Gasteiger charge is 2.72. The molecule has 1 fully saturated rings. The first-order valence-electron chi connectivity index (χ1n) is 3.34. The predicted molar refractivity (Wildman–Crippen MR) is 28.7 cm³/mol. The van der Waals surface area contributed by atoms with Gasteiger partial charge in [-0.15, -0.1) is 0 Å². The van der Waals surface area contributed by atoms with Gasteiger partial charge in [0.05, 0.1) is 0 Å². The predicted octanol–water partition coefficient (Wildman–Crippen LogP) is 3.08. The zero-order valence-corrected chi connectivity index (χ0v) is 5.89. The number of halogens is 6. The van der Waals surface area contributed by atoms with Gasteiger partial charge in [-0.05, 0) is 12.8 Å². The quantitative estimate of drug-likeness (QED) is 0.517. The number of hydrogen-bond donors (Lipinski definition) is 0. The fourth-order valence-electron chi connectivity index (χ4n) is 1.28. The van der Waals surface area contributed by atoms with E-state index in [0.29, 0.717) is 0 Å². The molecule has 1 atom stereocenters.